The molecule has 0 heterocycles. The maximum absolute atomic E-state index is 12.1. The van der Waals surface area contributed by atoms with Crippen LogP contribution in [0.1, 0.15) is 84.0 Å². The number of phosphoric acid groups is 1. The highest BCUT2D eigenvalue weighted by Gasteiger charge is 2.51. The lowest BCUT2D eigenvalue weighted by Crippen LogP contribution is -2.64. The summed E-state index contributed by atoms with van der Waals surface area (Å²) in [6.07, 6.45) is -0.361. The van der Waals surface area contributed by atoms with Gasteiger partial charge < -0.3 is 40.3 Å². The molecule has 0 bridgehead atoms. The highest BCUT2D eigenvalue weighted by molar-refractivity contribution is 7.47. The number of esters is 1. The number of carbonyl (C=O) groups excluding carboxylic acids is 1. The van der Waals surface area contributed by atoms with Crippen molar-refractivity contribution in [2.24, 2.45) is 0 Å². The van der Waals surface area contributed by atoms with Gasteiger partial charge in [-0.05, 0) is 6.42 Å². The van der Waals surface area contributed by atoms with E-state index in [4.69, 9.17) is 4.74 Å². The molecule has 0 aromatic carbocycles. The summed E-state index contributed by atoms with van der Waals surface area (Å²) in [5, 5.41) is 58.4. The first-order chi connectivity index (χ1) is 17.0. The Morgan fingerprint density at radius 3 is 1.69 bits per heavy atom. The van der Waals surface area contributed by atoms with E-state index in [2.05, 4.69) is 16.0 Å². The van der Waals surface area contributed by atoms with E-state index in [0.29, 0.717) is 6.42 Å². The fourth-order valence-electron chi connectivity index (χ4n) is 3.93. The Balaban J connectivity index is 2.17. The minimum atomic E-state index is -4.98. The molecule has 1 aliphatic rings. The average molecular weight is 545 g/mol. The summed E-state index contributed by atoms with van der Waals surface area (Å²) >= 11 is 0. The molecule has 0 amide bonds. The van der Waals surface area contributed by atoms with Crippen molar-refractivity contribution in [1.82, 2.24) is 0 Å². The van der Waals surface area contributed by atoms with Crippen LogP contribution < -0.4 is 0 Å². The van der Waals surface area contributed by atoms with Crippen molar-refractivity contribution in [3.63, 3.8) is 0 Å². The number of ether oxygens (including phenoxy) is 1. The first kappa shape index (κ1) is 33.4. The second kappa shape index (κ2) is 17.8. The van der Waals surface area contributed by atoms with Crippen molar-refractivity contribution in [2.45, 2.75) is 127 Å². The molecule has 0 aromatic rings. The van der Waals surface area contributed by atoms with E-state index in [9.17, 15) is 44.9 Å². The second-order valence-electron chi connectivity index (χ2n) is 9.41. The van der Waals surface area contributed by atoms with E-state index in [-0.39, 0.29) is 6.42 Å². The lowest BCUT2D eigenvalue weighted by molar-refractivity contribution is -0.220. The van der Waals surface area contributed by atoms with Crippen molar-refractivity contribution in [3.8, 4) is 0 Å². The monoisotopic (exact) mass is 544 g/mol. The van der Waals surface area contributed by atoms with Gasteiger partial charge in [0, 0.05) is 6.42 Å². The molecule has 1 saturated carbocycles. The van der Waals surface area contributed by atoms with Gasteiger partial charge in [0.25, 0.3) is 0 Å². The van der Waals surface area contributed by atoms with Crippen LogP contribution in [0.25, 0.3) is 0 Å². The Hall–Kier alpha value is -0.660. The second-order valence-corrected chi connectivity index (χ2v) is 10.8. The standard InChI is InChI=1S/C23H45O12P/c1-2-3-4-5-6-7-8-9-10-11-12-13-17(25)33-14-16(24)15-34-36(31,32)35-23-21(29)19(27)18(26)20(28)22(23)30/h16,18-24,26-30H,2-15H2,1H3,(H,31,32)/t16-,18?,19-,20?,21?,22?,23?/m1/s1. The molecule has 0 aliphatic heterocycles. The van der Waals surface area contributed by atoms with Crippen LogP contribution in [0.4, 0.5) is 0 Å². The van der Waals surface area contributed by atoms with E-state index < -0.39 is 69.7 Å². The maximum atomic E-state index is 12.1. The lowest BCUT2D eigenvalue weighted by Gasteiger charge is -2.41. The molecule has 0 spiro atoms. The number of aliphatic hydroxyl groups excluding tert-OH is 6. The van der Waals surface area contributed by atoms with Gasteiger partial charge >= 0.3 is 13.8 Å². The molecule has 1 aliphatic carbocycles. The Labute approximate surface area is 212 Å². The van der Waals surface area contributed by atoms with Gasteiger partial charge in [-0.1, -0.05) is 71.1 Å². The van der Waals surface area contributed by atoms with Crippen molar-refractivity contribution < 1.29 is 58.7 Å². The number of carbonyl (C=O) groups is 1. The Morgan fingerprint density at radius 2 is 1.19 bits per heavy atom. The first-order valence-electron chi connectivity index (χ1n) is 12.9. The summed E-state index contributed by atoms with van der Waals surface area (Å²) in [7, 11) is -4.98. The molecule has 214 valence electrons. The van der Waals surface area contributed by atoms with E-state index in [1.54, 1.807) is 0 Å². The van der Waals surface area contributed by atoms with E-state index >= 15 is 0 Å². The molecule has 0 aromatic heterocycles. The average Bonchev–Trinajstić information content (AvgIpc) is 2.85. The molecule has 6 unspecified atom stereocenters. The maximum Gasteiger partial charge on any atom is 0.472 e. The van der Waals surface area contributed by atoms with Crippen molar-refractivity contribution in [3.05, 3.63) is 0 Å². The van der Waals surface area contributed by atoms with Crippen LogP contribution in [-0.4, -0.2) is 97.4 Å². The molecular formula is C23H45O12P. The third kappa shape index (κ3) is 12.7. The molecule has 0 radical (unpaired) electrons. The topological polar surface area (TPSA) is 203 Å². The van der Waals surface area contributed by atoms with Gasteiger partial charge in [-0.25, -0.2) is 4.57 Å². The molecule has 7 N–H and O–H groups in total. The zero-order valence-corrected chi connectivity index (χ0v) is 22.0. The number of hydrogen-bond donors (Lipinski definition) is 7. The normalized spacial score (nSPS) is 29.0. The largest absolute Gasteiger partial charge is 0.472 e. The quantitative estimate of drug-likeness (QED) is 0.0689. The summed E-state index contributed by atoms with van der Waals surface area (Å²) in [5.41, 5.74) is 0. The zero-order valence-electron chi connectivity index (χ0n) is 21.1. The number of aliphatic hydroxyl groups is 6. The summed E-state index contributed by atoms with van der Waals surface area (Å²) in [4.78, 5) is 21.6. The Morgan fingerprint density at radius 1 is 0.750 bits per heavy atom. The minimum absolute atomic E-state index is 0.195. The molecule has 1 fully saturated rings. The number of unbranched alkanes of at least 4 members (excludes halogenated alkanes) is 10. The fraction of sp³-hybridized carbons (Fsp3) is 0.957. The third-order valence-corrected chi connectivity index (χ3v) is 7.16. The Kier molecular flexibility index (Phi) is 16.5. The smallest absolute Gasteiger partial charge is 0.463 e. The lowest BCUT2D eigenvalue weighted by atomic mass is 9.85. The fourth-order valence-corrected chi connectivity index (χ4v) is 4.91. The molecule has 12 nitrogen and oxygen atoms in total. The predicted octanol–water partition coefficient (Wildman–Crippen LogP) is 0.912. The third-order valence-electron chi connectivity index (χ3n) is 6.18. The van der Waals surface area contributed by atoms with Gasteiger partial charge in [-0.3, -0.25) is 13.8 Å². The van der Waals surface area contributed by atoms with E-state index in [1.165, 1.54) is 44.9 Å². The van der Waals surface area contributed by atoms with Crippen molar-refractivity contribution in [2.75, 3.05) is 13.2 Å². The highest BCUT2D eigenvalue weighted by atomic mass is 31.2. The molecule has 36 heavy (non-hydrogen) atoms. The van der Waals surface area contributed by atoms with Crippen LogP contribution in [0.3, 0.4) is 0 Å². The molecule has 13 heteroatoms. The predicted molar refractivity (Wildman–Crippen MR) is 129 cm³/mol. The van der Waals surface area contributed by atoms with Gasteiger partial charge in [0.15, 0.2) is 0 Å². The zero-order chi connectivity index (χ0) is 27.1. The van der Waals surface area contributed by atoms with Crippen molar-refractivity contribution >= 4 is 13.8 Å². The van der Waals surface area contributed by atoms with Crippen LogP contribution in [0.15, 0.2) is 0 Å². The van der Waals surface area contributed by atoms with Crippen LogP contribution >= 0.6 is 7.82 Å². The van der Waals surface area contributed by atoms with Gasteiger partial charge in [0.1, 0.15) is 49.3 Å². The summed E-state index contributed by atoms with van der Waals surface area (Å²) in [6, 6.07) is 0. The van der Waals surface area contributed by atoms with Gasteiger partial charge in [0.05, 0.1) is 6.61 Å². The van der Waals surface area contributed by atoms with Gasteiger partial charge in [-0.15, -0.1) is 0 Å². The van der Waals surface area contributed by atoms with Crippen LogP contribution in [0.2, 0.25) is 0 Å². The number of hydrogen-bond acceptors (Lipinski definition) is 11. The van der Waals surface area contributed by atoms with Crippen LogP contribution in [0.5, 0.6) is 0 Å². The molecule has 0 saturated heterocycles. The summed E-state index contributed by atoms with van der Waals surface area (Å²) < 4.78 is 26.2. The van der Waals surface area contributed by atoms with Crippen LogP contribution in [-0.2, 0) is 23.1 Å². The Bertz CT molecular complexity index is 635. The molecule has 8 atom stereocenters. The highest BCUT2D eigenvalue weighted by Crippen LogP contribution is 2.47. The number of phosphoric ester groups is 1. The summed E-state index contributed by atoms with van der Waals surface area (Å²) in [5.74, 6) is -0.511. The molecular weight excluding hydrogens is 499 g/mol. The van der Waals surface area contributed by atoms with Gasteiger partial charge in [0.2, 0.25) is 0 Å². The number of rotatable bonds is 19. The minimum Gasteiger partial charge on any atom is -0.463 e. The summed E-state index contributed by atoms with van der Waals surface area (Å²) in [6.45, 7) is 0.953. The molecule has 1 rings (SSSR count). The SMILES string of the molecule is CCCCCCCCCCCCCC(=O)OC[C@@H](O)COP(=O)(O)OC1C(O)C(O)C(O)[C@@H](O)C1O. The van der Waals surface area contributed by atoms with E-state index in [1.807, 2.05) is 0 Å². The van der Waals surface area contributed by atoms with Crippen molar-refractivity contribution in [1.29, 1.82) is 0 Å². The van der Waals surface area contributed by atoms with E-state index in [0.717, 1.165) is 19.3 Å². The first-order valence-corrected chi connectivity index (χ1v) is 14.4. The van der Waals surface area contributed by atoms with Crippen LogP contribution in [0, 0.1) is 0 Å². The van der Waals surface area contributed by atoms with Gasteiger partial charge in [-0.2, -0.15) is 0 Å².